The fourth-order valence-electron chi connectivity index (χ4n) is 2.63. The third kappa shape index (κ3) is 5.45. The minimum absolute atomic E-state index is 0.0600. The van der Waals surface area contributed by atoms with Crippen LogP contribution in [0.2, 0.25) is 0 Å². The average molecular weight is 510 g/mol. The summed E-state index contributed by atoms with van der Waals surface area (Å²) in [6.07, 6.45) is 5.43. The maximum atomic E-state index is 11.4. The van der Waals surface area contributed by atoms with E-state index in [9.17, 15) is 24.0 Å². The summed E-state index contributed by atoms with van der Waals surface area (Å²) in [4.78, 5) is 65.9. The smallest absolute Gasteiger partial charge is 0.352 e. The monoisotopic (exact) mass is 510 g/mol. The van der Waals surface area contributed by atoms with Gasteiger partial charge in [-0.15, -0.1) is 10.2 Å². The van der Waals surface area contributed by atoms with E-state index >= 15 is 0 Å². The van der Waals surface area contributed by atoms with Crippen LogP contribution in [0.25, 0.3) is 11.3 Å². The van der Waals surface area contributed by atoms with Crippen molar-refractivity contribution in [2.75, 3.05) is 0 Å². The largest absolute Gasteiger partial charge is 0.366 e. The van der Waals surface area contributed by atoms with E-state index in [0.717, 1.165) is 18.2 Å². The Morgan fingerprint density at radius 2 is 1.11 bits per heavy atom. The number of rotatable bonds is 3. The molecule has 0 aliphatic carbocycles. The number of pyridine rings is 1. The van der Waals surface area contributed by atoms with E-state index < -0.39 is 29.1 Å². The van der Waals surface area contributed by atoms with Crippen molar-refractivity contribution < 1.29 is 14.4 Å². The van der Waals surface area contributed by atoms with Crippen LogP contribution in [0.3, 0.4) is 0 Å². The van der Waals surface area contributed by atoms with E-state index in [2.05, 4.69) is 35.6 Å². The quantitative estimate of drug-likeness (QED) is 0.209. The molecule has 0 atom stereocenters. The molecule has 0 saturated heterocycles. The zero-order valence-electron chi connectivity index (χ0n) is 19.2. The highest BCUT2D eigenvalue weighted by Crippen LogP contribution is 2.01. The van der Waals surface area contributed by atoms with Gasteiger partial charge in [-0.25, -0.2) is 28.4 Å². The Hall–Kier alpha value is -5.88. The predicted molar refractivity (Wildman–Crippen MR) is 122 cm³/mol. The number of nitrogens with two attached hydrogens (primary N) is 3. The van der Waals surface area contributed by atoms with Crippen LogP contribution in [0, 0.1) is 0 Å². The Kier molecular flexibility index (Phi) is 7.36. The van der Waals surface area contributed by atoms with E-state index in [4.69, 9.17) is 17.2 Å². The second-order valence-corrected chi connectivity index (χ2v) is 6.89. The fourth-order valence-corrected chi connectivity index (χ4v) is 2.63. The topological polar surface area (TPSA) is 272 Å². The van der Waals surface area contributed by atoms with Crippen LogP contribution in [0.15, 0.2) is 46.8 Å². The maximum Gasteiger partial charge on any atom is 0.352 e. The van der Waals surface area contributed by atoms with Gasteiger partial charge in [0.2, 0.25) is 5.91 Å². The summed E-state index contributed by atoms with van der Waals surface area (Å²) in [6, 6.07) is 3.14. The minimum atomic E-state index is -0.741. The highest BCUT2D eigenvalue weighted by molar-refractivity contribution is 5.97. The highest BCUT2D eigenvalue weighted by atomic mass is 16.2. The first-order valence-corrected chi connectivity index (χ1v) is 9.86. The van der Waals surface area contributed by atoms with Crippen LogP contribution in [0.4, 0.5) is 0 Å². The number of nitrogens with zero attached hydrogens (tertiary/aromatic N) is 11. The zero-order chi connectivity index (χ0) is 27.3. The van der Waals surface area contributed by atoms with E-state index in [0.29, 0.717) is 5.56 Å². The lowest BCUT2D eigenvalue weighted by molar-refractivity contribution is 0.0989. The number of imidazole rings is 2. The molecule has 0 fully saturated rings. The molecule has 5 rings (SSSR count). The number of carbonyl (C=O) groups is 3. The van der Waals surface area contributed by atoms with E-state index in [1.54, 1.807) is 12.1 Å². The van der Waals surface area contributed by atoms with E-state index in [-0.39, 0.29) is 22.7 Å². The molecule has 3 amide bonds. The molecule has 0 bridgehead atoms. The average Bonchev–Trinajstić information content (AvgIpc) is 3.51. The standard InChI is InChI=1S/2C6H6N6O2.C6H6N2O/c2*1-11-6(14)12-2-8-3(4(7)13)5(12)9-10-11;7-6(9)5-1-3-8-4-2-5/h2*2H,1H3,(H2,7,13);1-4H,(H2,7,9). The van der Waals surface area contributed by atoms with Crippen LogP contribution in [0.1, 0.15) is 31.3 Å². The molecule has 5 aromatic heterocycles. The van der Waals surface area contributed by atoms with Crippen molar-refractivity contribution >= 4 is 29.0 Å². The number of aryl methyl sites for hydroxylation is 2. The molecule has 0 radical (unpaired) electrons. The highest BCUT2D eigenvalue weighted by Gasteiger charge is 2.14. The summed E-state index contributed by atoms with van der Waals surface area (Å²) < 4.78 is 4.26. The predicted octanol–water partition coefficient (Wildman–Crippen LogP) is -3.98. The van der Waals surface area contributed by atoms with Crippen LogP contribution in [-0.2, 0) is 14.1 Å². The lowest BCUT2D eigenvalue weighted by Gasteiger charge is -1.95. The number of aromatic nitrogens is 11. The van der Waals surface area contributed by atoms with Gasteiger partial charge in [-0.2, -0.15) is 9.36 Å². The molecule has 0 spiro atoms. The van der Waals surface area contributed by atoms with Crippen molar-refractivity contribution in [3.8, 4) is 0 Å². The van der Waals surface area contributed by atoms with Crippen LogP contribution >= 0.6 is 0 Å². The SMILES string of the molecule is Cn1nnc2c(C(N)=O)ncn2c1=O.Cn1nnc2c(C(N)=O)ncn2c1=O.NC(=O)c1ccncc1. The Morgan fingerprint density at radius 1 is 0.703 bits per heavy atom. The molecular weight excluding hydrogens is 492 g/mol. The van der Waals surface area contributed by atoms with Crippen molar-refractivity contribution in [1.29, 1.82) is 0 Å². The van der Waals surface area contributed by atoms with Gasteiger partial charge in [-0.05, 0) is 12.1 Å². The maximum absolute atomic E-state index is 11.4. The first kappa shape index (κ1) is 25.7. The minimum Gasteiger partial charge on any atom is -0.366 e. The summed E-state index contributed by atoms with van der Waals surface area (Å²) in [5.41, 5.74) is 14.6. The van der Waals surface area contributed by atoms with Gasteiger partial charge in [0.05, 0.1) is 0 Å². The van der Waals surface area contributed by atoms with Gasteiger partial charge >= 0.3 is 11.4 Å². The first-order chi connectivity index (χ1) is 17.5. The lowest BCUT2D eigenvalue weighted by atomic mass is 10.3. The van der Waals surface area contributed by atoms with Crippen LogP contribution < -0.4 is 28.6 Å². The van der Waals surface area contributed by atoms with Gasteiger partial charge in [-0.1, -0.05) is 10.4 Å². The lowest BCUT2D eigenvalue weighted by Crippen LogP contribution is -2.27. The summed E-state index contributed by atoms with van der Waals surface area (Å²) in [6.45, 7) is 0. The number of hydrogen-bond acceptors (Lipinski definition) is 12. The summed E-state index contributed by atoms with van der Waals surface area (Å²) in [7, 11) is 2.89. The third-order valence-corrected chi connectivity index (χ3v) is 4.43. The molecule has 0 aliphatic rings. The second-order valence-electron chi connectivity index (χ2n) is 6.89. The summed E-state index contributed by atoms with van der Waals surface area (Å²) >= 11 is 0. The van der Waals surface area contributed by atoms with Gasteiger partial charge in [0, 0.05) is 32.1 Å². The Bertz CT molecular complexity index is 1630. The molecule has 0 aliphatic heterocycles. The van der Waals surface area contributed by atoms with Gasteiger partial charge in [0.1, 0.15) is 12.7 Å². The first-order valence-electron chi connectivity index (χ1n) is 9.86. The molecule has 37 heavy (non-hydrogen) atoms. The third-order valence-electron chi connectivity index (χ3n) is 4.43. The molecule has 5 heterocycles. The number of hydrogen-bond donors (Lipinski definition) is 3. The second kappa shape index (κ2) is 10.6. The van der Waals surface area contributed by atoms with Crippen molar-refractivity contribution in [2.24, 2.45) is 31.3 Å². The van der Waals surface area contributed by atoms with Crippen molar-refractivity contribution in [1.82, 2.24) is 53.7 Å². The molecule has 0 unspecified atom stereocenters. The van der Waals surface area contributed by atoms with Crippen molar-refractivity contribution in [3.05, 3.63) is 75.1 Å². The van der Waals surface area contributed by atoms with Crippen molar-refractivity contribution in [3.63, 3.8) is 0 Å². The van der Waals surface area contributed by atoms with Gasteiger partial charge in [0.15, 0.2) is 22.7 Å². The van der Waals surface area contributed by atoms with E-state index in [1.807, 2.05) is 0 Å². The van der Waals surface area contributed by atoms with Gasteiger partial charge < -0.3 is 17.2 Å². The number of fused-ring (bicyclic) bond motifs is 2. The summed E-state index contributed by atoms with van der Waals surface area (Å²) in [5.74, 6) is -1.90. The van der Waals surface area contributed by atoms with Gasteiger partial charge in [-0.3, -0.25) is 19.4 Å². The van der Waals surface area contributed by atoms with Crippen LogP contribution in [-0.4, -0.2) is 71.5 Å². The Morgan fingerprint density at radius 3 is 1.43 bits per heavy atom. The van der Waals surface area contributed by atoms with Gasteiger partial charge in [0.25, 0.3) is 11.8 Å². The van der Waals surface area contributed by atoms with E-state index in [1.165, 1.54) is 39.1 Å². The molecule has 5 aromatic rings. The van der Waals surface area contributed by atoms with Crippen molar-refractivity contribution in [2.45, 2.75) is 0 Å². The molecule has 6 N–H and O–H groups in total. The van der Waals surface area contributed by atoms with Crippen LogP contribution in [0.5, 0.6) is 0 Å². The molecule has 0 saturated carbocycles. The Balaban J connectivity index is 0.000000159. The molecule has 19 nitrogen and oxygen atoms in total. The molecule has 190 valence electrons. The fraction of sp³-hybridized carbons (Fsp3) is 0.111. The number of carbonyl (C=O) groups excluding carboxylic acids is 3. The number of primary amides is 3. The number of amides is 3. The normalized spacial score (nSPS) is 10.2. The zero-order valence-corrected chi connectivity index (χ0v) is 19.2. The molecular formula is C18H18N14O5. The Labute approximate surface area is 204 Å². The molecule has 19 heteroatoms. The molecule has 0 aromatic carbocycles. The summed E-state index contributed by atoms with van der Waals surface area (Å²) in [5, 5.41) is 14.3.